The van der Waals surface area contributed by atoms with Crippen molar-refractivity contribution in [3.05, 3.63) is 23.9 Å². The van der Waals surface area contributed by atoms with E-state index in [2.05, 4.69) is 21.3 Å². The van der Waals surface area contributed by atoms with Crippen molar-refractivity contribution in [3.8, 4) is 6.07 Å². The van der Waals surface area contributed by atoms with Crippen molar-refractivity contribution in [2.75, 3.05) is 31.6 Å². The summed E-state index contributed by atoms with van der Waals surface area (Å²) in [5.74, 6) is 0.864. The third-order valence-corrected chi connectivity index (χ3v) is 4.17. The molecule has 1 N–H and O–H groups in total. The fourth-order valence-corrected chi connectivity index (χ4v) is 3.04. The van der Waals surface area contributed by atoms with Crippen LogP contribution in [-0.4, -0.2) is 48.3 Å². The molecule has 5 nitrogen and oxygen atoms in total. The number of nitrogens with zero attached hydrogens (tertiary/aromatic N) is 3. The largest absolute Gasteiger partial charge is 0.381 e. The number of anilines is 1. The molecule has 2 aliphatic rings. The molecule has 1 unspecified atom stereocenters. The maximum Gasteiger partial charge on any atom is 0.126 e. The third-order valence-electron chi connectivity index (χ3n) is 4.17. The van der Waals surface area contributed by atoms with Gasteiger partial charge in [0.1, 0.15) is 11.9 Å². The quantitative estimate of drug-likeness (QED) is 0.906. The highest BCUT2D eigenvalue weighted by atomic mass is 16.5. The van der Waals surface area contributed by atoms with Crippen LogP contribution in [0.25, 0.3) is 0 Å². The van der Waals surface area contributed by atoms with Gasteiger partial charge >= 0.3 is 0 Å². The van der Waals surface area contributed by atoms with Gasteiger partial charge in [-0.05, 0) is 31.4 Å². The molecule has 0 aromatic carbocycles. The van der Waals surface area contributed by atoms with Crippen LogP contribution >= 0.6 is 0 Å². The molecule has 3 heterocycles. The molecule has 0 amide bonds. The van der Waals surface area contributed by atoms with Crippen LogP contribution in [0.4, 0.5) is 5.82 Å². The van der Waals surface area contributed by atoms with Gasteiger partial charge in [0, 0.05) is 44.6 Å². The molecule has 1 aromatic rings. The Morgan fingerprint density at radius 1 is 1.30 bits per heavy atom. The molecule has 2 fully saturated rings. The standard InChI is InChI=1S/C15H20N4O/c16-9-12-1-2-15(17-10-12)18-13-3-6-19(11-13)14-4-7-20-8-5-14/h1-2,10,13-14H,3-8,11H2,(H,17,18). The van der Waals surface area contributed by atoms with Gasteiger partial charge in [-0.3, -0.25) is 4.90 Å². The van der Waals surface area contributed by atoms with Gasteiger partial charge in [0.15, 0.2) is 0 Å². The molecular weight excluding hydrogens is 252 g/mol. The molecule has 3 rings (SSSR count). The van der Waals surface area contributed by atoms with Crippen molar-refractivity contribution in [3.63, 3.8) is 0 Å². The first-order valence-corrected chi connectivity index (χ1v) is 7.29. The normalized spacial score (nSPS) is 24.4. The minimum absolute atomic E-state index is 0.457. The first-order valence-electron chi connectivity index (χ1n) is 7.29. The molecule has 2 saturated heterocycles. The number of rotatable bonds is 3. The Hall–Kier alpha value is -1.64. The average molecular weight is 272 g/mol. The fraction of sp³-hybridized carbons (Fsp3) is 0.600. The number of pyridine rings is 1. The van der Waals surface area contributed by atoms with Gasteiger partial charge in [0.05, 0.1) is 5.56 Å². The highest BCUT2D eigenvalue weighted by molar-refractivity contribution is 5.40. The van der Waals surface area contributed by atoms with Crippen molar-refractivity contribution < 1.29 is 4.74 Å². The van der Waals surface area contributed by atoms with Crippen LogP contribution in [0.2, 0.25) is 0 Å². The molecule has 1 aromatic heterocycles. The smallest absolute Gasteiger partial charge is 0.126 e. The zero-order valence-electron chi connectivity index (χ0n) is 11.6. The first kappa shape index (κ1) is 13.3. The predicted molar refractivity (Wildman–Crippen MR) is 76.4 cm³/mol. The maximum atomic E-state index is 8.76. The van der Waals surface area contributed by atoms with Crippen LogP contribution in [0.1, 0.15) is 24.8 Å². The van der Waals surface area contributed by atoms with Gasteiger partial charge < -0.3 is 10.1 Å². The third kappa shape index (κ3) is 3.09. The van der Waals surface area contributed by atoms with E-state index in [4.69, 9.17) is 10.00 Å². The van der Waals surface area contributed by atoms with Gasteiger partial charge in [-0.2, -0.15) is 5.26 Å². The van der Waals surface area contributed by atoms with Gasteiger partial charge in [-0.1, -0.05) is 0 Å². The van der Waals surface area contributed by atoms with Crippen molar-refractivity contribution >= 4 is 5.82 Å². The Labute approximate surface area is 119 Å². The van der Waals surface area contributed by atoms with E-state index < -0.39 is 0 Å². The fourth-order valence-electron chi connectivity index (χ4n) is 3.04. The minimum Gasteiger partial charge on any atom is -0.381 e. The van der Waals surface area contributed by atoms with Crippen LogP contribution < -0.4 is 5.32 Å². The number of hydrogen-bond acceptors (Lipinski definition) is 5. The SMILES string of the molecule is N#Cc1ccc(NC2CCN(C3CCOCC3)C2)nc1. The number of nitrogens with one attached hydrogen (secondary N) is 1. The number of aromatic nitrogens is 1. The number of likely N-dealkylation sites (tertiary alicyclic amines) is 1. The van der Waals surface area contributed by atoms with E-state index in [-0.39, 0.29) is 0 Å². The summed E-state index contributed by atoms with van der Waals surface area (Å²) in [5, 5.41) is 12.2. The average Bonchev–Trinajstić information content (AvgIpc) is 2.97. The molecule has 0 spiro atoms. The molecular formula is C15H20N4O. The van der Waals surface area contributed by atoms with E-state index in [1.807, 2.05) is 6.07 Å². The highest BCUT2D eigenvalue weighted by Crippen LogP contribution is 2.21. The van der Waals surface area contributed by atoms with Crippen LogP contribution in [0.15, 0.2) is 18.3 Å². The summed E-state index contributed by atoms with van der Waals surface area (Å²) < 4.78 is 5.42. The van der Waals surface area contributed by atoms with Crippen LogP contribution in [-0.2, 0) is 4.74 Å². The number of ether oxygens (including phenoxy) is 1. The maximum absolute atomic E-state index is 8.76. The van der Waals surface area contributed by atoms with Crippen LogP contribution in [0.5, 0.6) is 0 Å². The second kappa shape index (κ2) is 6.21. The van der Waals surface area contributed by atoms with E-state index in [0.29, 0.717) is 17.6 Å². The molecule has 0 radical (unpaired) electrons. The minimum atomic E-state index is 0.457. The summed E-state index contributed by atoms with van der Waals surface area (Å²) in [4.78, 5) is 6.85. The molecule has 0 aliphatic carbocycles. The summed E-state index contributed by atoms with van der Waals surface area (Å²) in [5.41, 5.74) is 0.603. The summed E-state index contributed by atoms with van der Waals surface area (Å²) in [6.45, 7) is 4.03. The van der Waals surface area contributed by atoms with Crippen molar-refractivity contribution in [1.82, 2.24) is 9.88 Å². The molecule has 1 atom stereocenters. The monoisotopic (exact) mass is 272 g/mol. The Kier molecular flexibility index (Phi) is 4.14. The first-order chi connectivity index (χ1) is 9.85. The lowest BCUT2D eigenvalue weighted by Gasteiger charge is -2.31. The summed E-state index contributed by atoms with van der Waals surface area (Å²) in [7, 11) is 0. The zero-order chi connectivity index (χ0) is 13.8. The Morgan fingerprint density at radius 2 is 2.15 bits per heavy atom. The lowest BCUT2D eigenvalue weighted by molar-refractivity contribution is 0.0421. The number of nitriles is 1. The lowest BCUT2D eigenvalue weighted by Crippen LogP contribution is -2.39. The second-order valence-electron chi connectivity index (χ2n) is 5.51. The van der Waals surface area contributed by atoms with E-state index >= 15 is 0 Å². The molecule has 0 bridgehead atoms. The second-order valence-corrected chi connectivity index (χ2v) is 5.51. The molecule has 106 valence electrons. The lowest BCUT2D eigenvalue weighted by atomic mass is 10.1. The van der Waals surface area contributed by atoms with Gasteiger partial charge in [0.2, 0.25) is 0 Å². The van der Waals surface area contributed by atoms with E-state index in [1.165, 1.54) is 0 Å². The van der Waals surface area contributed by atoms with E-state index in [9.17, 15) is 0 Å². The molecule has 5 heteroatoms. The molecule has 20 heavy (non-hydrogen) atoms. The number of hydrogen-bond donors (Lipinski definition) is 1. The molecule has 0 saturated carbocycles. The van der Waals surface area contributed by atoms with Crippen LogP contribution in [0.3, 0.4) is 0 Å². The van der Waals surface area contributed by atoms with Crippen LogP contribution in [0, 0.1) is 11.3 Å². The van der Waals surface area contributed by atoms with Gasteiger partial charge in [-0.15, -0.1) is 0 Å². The van der Waals surface area contributed by atoms with Crippen molar-refractivity contribution in [2.45, 2.75) is 31.3 Å². The van der Waals surface area contributed by atoms with Gasteiger partial charge in [0.25, 0.3) is 0 Å². The van der Waals surface area contributed by atoms with E-state index in [0.717, 1.165) is 51.4 Å². The molecule has 2 aliphatic heterocycles. The highest BCUT2D eigenvalue weighted by Gasteiger charge is 2.29. The Bertz CT molecular complexity index is 476. The van der Waals surface area contributed by atoms with Crippen molar-refractivity contribution in [1.29, 1.82) is 5.26 Å². The summed E-state index contributed by atoms with van der Waals surface area (Å²) in [6.07, 6.45) is 5.08. The zero-order valence-corrected chi connectivity index (χ0v) is 11.6. The van der Waals surface area contributed by atoms with Crippen molar-refractivity contribution in [2.24, 2.45) is 0 Å². The topological polar surface area (TPSA) is 61.2 Å². The summed E-state index contributed by atoms with van der Waals surface area (Å²) >= 11 is 0. The van der Waals surface area contributed by atoms with E-state index in [1.54, 1.807) is 12.3 Å². The van der Waals surface area contributed by atoms with Gasteiger partial charge in [-0.25, -0.2) is 4.98 Å². The Balaban J connectivity index is 1.53. The Morgan fingerprint density at radius 3 is 2.85 bits per heavy atom. The summed E-state index contributed by atoms with van der Waals surface area (Å²) in [6, 6.07) is 6.92. The predicted octanol–water partition coefficient (Wildman–Crippen LogP) is 1.62.